The van der Waals surface area contributed by atoms with E-state index < -0.39 is 0 Å². The van der Waals surface area contributed by atoms with Gasteiger partial charge in [0.25, 0.3) is 0 Å². The van der Waals surface area contributed by atoms with Gasteiger partial charge in [0, 0.05) is 12.2 Å². The Bertz CT molecular complexity index is 629. The molecule has 0 aliphatic heterocycles. The molecule has 5 heteroatoms. The molecule has 0 saturated heterocycles. The van der Waals surface area contributed by atoms with Crippen LogP contribution in [0.15, 0.2) is 40.9 Å². The summed E-state index contributed by atoms with van der Waals surface area (Å²) in [6.07, 6.45) is 0.955. The van der Waals surface area contributed by atoms with Crippen molar-refractivity contribution in [3.63, 3.8) is 0 Å². The molecule has 4 nitrogen and oxygen atoms in total. The molecule has 0 bridgehead atoms. The van der Waals surface area contributed by atoms with Gasteiger partial charge in [-0.3, -0.25) is 0 Å². The molecule has 0 saturated carbocycles. The Morgan fingerprint density at radius 1 is 1.04 bits per heavy atom. The Kier molecular flexibility index (Phi) is 6.59. The standard InChI is InChI=1S/C18H22BrNO3/c1-4-9-23-18-16(19)10-13(11-17(18)22-3)12-20-14-5-7-15(21-2)8-6-14/h5-8,10-11,20H,4,9,12H2,1-3H3. The molecule has 0 aliphatic carbocycles. The third kappa shape index (κ3) is 4.79. The van der Waals surface area contributed by atoms with Crippen LogP contribution < -0.4 is 19.5 Å². The number of halogens is 1. The number of ether oxygens (including phenoxy) is 3. The van der Waals surface area contributed by atoms with Crippen LogP contribution in [-0.2, 0) is 6.54 Å². The molecule has 0 aromatic heterocycles. The summed E-state index contributed by atoms with van der Waals surface area (Å²) in [4.78, 5) is 0. The van der Waals surface area contributed by atoms with E-state index in [1.54, 1.807) is 14.2 Å². The zero-order chi connectivity index (χ0) is 16.7. The van der Waals surface area contributed by atoms with Gasteiger partial charge in [-0.05, 0) is 64.3 Å². The van der Waals surface area contributed by atoms with Gasteiger partial charge in [0.05, 0.1) is 25.3 Å². The van der Waals surface area contributed by atoms with E-state index in [0.29, 0.717) is 13.2 Å². The molecule has 0 unspecified atom stereocenters. The van der Waals surface area contributed by atoms with Crippen molar-refractivity contribution in [2.45, 2.75) is 19.9 Å². The van der Waals surface area contributed by atoms with Crippen molar-refractivity contribution >= 4 is 21.6 Å². The highest BCUT2D eigenvalue weighted by molar-refractivity contribution is 9.10. The molecule has 0 atom stereocenters. The molecule has 0 amide bonds. The van der Waals surface area contributed by atoms with Crippen LogP contribution in [-0.4, -0.2) is 20.8 Å². The smallest absolute Gasteiger partial charge is 0.175 e. The van der Waals surface area contributed by atoms with Crippen molar-refractivity contribution in [3.05, 3.63) is 46.4 Å². The first kappa shape index (κ1) is 17.5. The summed E-state index contributed by atoms with van der Waals surface area (Å²) in [5.41, 5.74) is 2.14. The fourth-order valence-electron chi connectivity index (χ4n) is 2.13. The summed E-state index contributed by atoms with van der Waals surface area (Å²) in [5, 5.41) is 3.38. The third-order valence-electron chi connectivity index (χ3n) is 3.33. The average Bonchev–Trinajstić information content (AvgIpc) is 2.59. The highest BCUT2D eigenvalue weighted by atomic mass is 79.9. The number of nitrogens with one attached hydrogen (secondary N) is 1. The van der Waals surface area contributed by atoms with Crippen LogP contribution in [0.3, 0.4) is 0 Å². The van der Waals surface area contributed by atoms with E-state index in [9.17, 15) is 0 Å². The van der Waals surface area contributed by atoms with Crippen LogP contribution in [0.4, 0.5) is 5.69 Å². The molecule has 0 spiro atoms. The quantitative estimate of drug-likeness (QED) is 0.710. The van der Waals surface area contributed by atoms with Gasteiger partial charge in [-0.2, -0.15) is 0 Å². The lowest BCUT2D eigenvalue weighted by Gasteiger charge is -2.14. The lowest BCUT2D eigenvalue weighted by molar-refractivity contribution is 0.292. The first-order chi connectivity index (χ1) is 11.2. The largest absolute Gasteiger partial charge is 0.497 e. The van der Waals surface area contributed by atoms with E-state index in [4.69, 9.17) is 14.2 Å². The summed E-state index contributed by atoms with van der Waals surface area (Å²) >= 11 is 3.56. The van der Waals surface area contributed by atoms with Crippen LogP contribution in [0.25, 0.3) is 0 Å². The molecule has 2 aromatic rings. The third-order valence-corrected chi connectivity index (χ3v) is 3.92. The van der Waals surface area contributed by atoms with Gasteiger partial charge < -0.3 is 19.5 Å². The van der Waals surface area contributed by atoms with Crippen LogP contribution >= 0.6 is 15.9 Å². The SMILES string of the molecule is CCCOc1c(Br)cc(CNc2ccc(OC)cc2)cc1OC. The Labute approximate surface area is 145 Å². The van der Waals surface area contributed by atoms with Crippen LogP contribution in [0, 0.1) is 0 Å². The van der Waals surface area contributed by atoms with E-state index in [-0.39, 0.29) is 0 Å². The first-order valence-electron chi connectivity index (χ1n) is 7.55. The van der Waals surface area contributed by atoms with Crippen molar-refractivity contribution in [2.75, 3.05) is 26.1 Å². The summed E-state index contributed by atoms with van der Waals surface area (Å²) < 4.78 is 17.3. The molecule has 2 rings (SSSR count). The summed E-state index contributed by atoms with van der Waals surface area (Å²) in [7, 11) is 3.32. The second-order valence-electron chi connectivity index (χ2n) is 5.04. The van der Waals surface area contributed by atoms with Crippen molar-refractivity contribution < 1.29 is 14.2 Å². The van der Waals surface area contributed by atoms with Gasteiger partial charge in [0.2, 0.25) is 0 Å². The molecule has 0 radical (unpaired) electrons. The maximum Gasteiger partial charge on any atom is 0.175 e. The van der Waals surface area contributed by atoms with Crippen LogP contribution in [0.1, 0.15) is 18.9 Å². The Hall–Kier alpha value is -1.88. The van der Waals surface area contributed by atoms with E-state index in [0.717, 1.165) is 39.4 Å². The van der Waals surface area contributed by atoms with Gasteiger partial charge in [0.15, 0.2) is 11.5 Å². The Morgan fingerprint density at radius 3 is 2.39 bits per heavy atom. The number of rotatable bonds is 8. The Morgan fingerprint density at radius 2 is 1.78 bits per heavy atom. The summed E-state index contributed by atoms with van der Waals surface area (Å²) in [6, 6.07) is 11.9. The van der Waals surface area contributed by atoms with E-state index >= 15 is 0 Å². The maximum atomic E-state index is 5.75. The van der Waals surface area contributed by atoms with E-state index in [2.05, 4.69) is 28.2 Å². The zero-order valence-corrected chi connectivity index (χ0v) is 15.3. The second kappa shape index (κ2) is 8.67. The minimum Gasteiger partial charge on any atom is -0.497 e. The van der Waals surface area contributed by atoms with Gasteiger partial charge in [0.1, 0.15) is 5.75 Å². The molecule has 0 heterocycles. The minimum atomic E-state index is 0.665. The molecule has 2 aromatic carbocycles. The topological polar surface area (TPSA) is 39.7 Å². The van der Waals surface area contributed by atoms with Gasteiger partial charge in [-0.1, -0.05) is 6.92 Å². The van der Waals surface area contributed by atoms with Crippen molar-refractivity contribution in [2.24, 2.45) is 0 Å². The molecular formula is C18H22BrNO3. The Balaban J connectivity index is 2.08. The number of hydrogen-bond acceptors (Lipinski definition) is 4. The lowest BCUT2D eigenvalue weighted by atomic mass is 10.2. The van der Waals surface area contributed by atoms with E-state index in [1.807, 2.05) is 36.4 Å². The van der Waals surface area contributed by atoms with Crippen molar-refractivity contribution in [1.82, 2.24) is 0 Å². The van der Waals surface area contributed by atoms with E-state index in [1.165, 1.54) is 0 Å². The monoisotopic (exact) mass is 379 g/mol. The number of benzene rings is 2. The minimum absolute atomic E-state index is 0.665. The molecule has 1 N–H and O–H groups in total. The highest BCUT2D eigenvalue weighted by Crippen LogP contribution is 2.37. The zero-order valence-electron chi connectivity index (χ0n) is 13.7. The number of anilines is 1. The molecule has 124 valence electrons. The van der Waals surface area contributed by atoms with Crippen LogP contribution in [0.2, 0.25) is 0 Å². The first-order valence-corrected chi connectivity index (χ1v) is 8.34. The molecule has 23 heavy (non-hydrogen) atoms. The molecular weight excluding hydrogens is 358 g/mol. The number of methoxy groups -OCH3 is 2. The van der Waals surface area contributed by atoms with Gasteiger partial charge >= 0.3 is 0 Å². The van der Waals surface area contributed by atoms with Gasteiger partial charge in [-0.25, -0.2) is 0 Å². The summed E-state index contributed by atoms with van der Waals surface area (Å²) in [6.45, 7) is 3.43. The predicted molar refractivity (Wildman–Crippen MR) is 96.8 cm³/mol. The van der Waals surface area contributed by atoms with Crippen LogP contribution in [0.5, 0.6) is 17.2 Å². The fourth-order valence-corrected chi connectivity index (χ4v) is 2.74. The lowest BCUT2D eigenvalue weighted by Crippen LogP contribution is -2.03. The fraction of sp³-hybridized carbons (Fsp3) is 0.333. The summed E-state index contributed by atoms with van der Waals surface area (Å²) in [5.74, 6) is 2.33. The average molecular weight is 380 g/mol. The van der Waals surface area contributed by atoms with Crippen molar-refractivity contribution in [3.8, 4) is 17.2 Å². The number of hydrogen-bond donors (Lipinski definition) is 1. The van der Waals surface area contributed by atoms with Gasteiger partial charge in [-0.15, -0.1) is 0 Å². The molecule has 0 fully saturated rings. The highest BCUT2D eigenvalue weighted by Gasteiger charge is 2.11. The second-order valence-corrected chi connectivity index (χ2v) is 5.89. The molecule has 0 aliphatic rings. The maximum absolute atomic E-state index is 5.75. The van der Waals surface area contributed by atoms with Crippen molar-refractivity contribution in [1.29, 1.82) is 0 Å². The predicted octanol–water partition coefficient (Wildman–Crippen LogP) is 4.87. The normalized spacial score (nSPS) is 10.3.